The molecule has 0 bridgehead atoms. The number of halogens is 1. The van der Waals surface area contributed by atoms with E-state index in [1.165, 1.54) is 6.42 Å². The molecule has 0 aromatic carbocycles. The van der Waals surface area contributed by atoms with Crippen molar-refractivity contribution in [1.29, 1.82) is 0 Å². The van der Waals surface area contributed by atoms with Crippen molar-refractivity contribution in [2.75, 3.05) is 6.54 Å². The van der Waals surface area contributed by atoms with Crippen LogP contribution in [0, 0.1) is 5.92 Å². The highest BCUT2D eigenvalue weighted by Gasteiger charge is 2.19. The molecule has 0 amide bonds. The quantitative estimate of drug-likeness (QED) is 0.728. The van der Waals surface area contributed by atoms with Crippen LogP contribution in [0.2, 0.25) is 5.02 Å². The van der Waals surface area contributed by atoms with E-state index < -0.39 is 0 Å². The topological polar surface area (TPSA) is 29.9 Å². The standard InChI is InChI=1S/C15H28ClN3/c1-5-9-17-14(8-7-12(3)4)15-13(16)11-18-19(15)10-6-2/h11-12,14,17H,5-10H2,1-4H3. The predicted octanol–water partition coefficient (Wildman–Crippen LogP) is 4.42. The van der Waals surface area contributed by atoms with Gasteiger partial charge in [0, 0.05) is 6.54 Å². The molecular weight excluding hydrogens is 258 g/mol. The van der Waals surface area contributed by atoms with Gasteiger partial charge in [0.25, 0.3) is 0 Å². The molecule has 19 heavy (non-hydrogen) atoms. The van der Waals surface area contributed by atoms with E-state index in [4.69, 9.17) is 11.6 Å². The van der Waals surface area contributed by atoms with Gasteiger partial charge in [-0.3, -0.25) is 4.68 Å². The van der Waals surface area contributed by atoms with Crippen LogP contribution in [0.4, 0.5) is 0 Å². The van der Waals surface area contributed by atoms with Gasteiger partial charge in [0.1, 0.15) is 0 Å². The minimum absolute atomic E-state index is 0.323. The lowest BCUT2D eigenvalue weighted by atomic mass is 10.0. The fourth-order valence-electron chi connectivity index (χ4n) is 2.26. The summed E-state index contributed by atoms with van der Waals surface area (Å²) in [6.07, 6.45) is 6.32. The molecule has 1 N–H and O–H groups in total. The van der Waals surface area contributed by atoms with Crippen molar-refractivity contribution < 1.29 is 0 Å². The Labute approximate surface area is 122 Å². The Bertz CT molecular complexity index is 360. The Kier molecular flexibility index (Phi) is 7.47. The van der Waals surface area contributed by atoms with Crippen LogP contribution in [0.1, 0.15) is 65.1 Å². The average molecular weight is 286 g/mol. The first kappa shape index (κ1) is 16.5. The van der Waals surface area contributed by atoms with Crippen molar-refractivity contribution in [3.63, 3.8) is 0 Å². The average Bonchev–Trinajstić information content (AvgIpc) is 2.72. The molecule has 0 aliphatic rings. The summed E-state index contributed by atoms with van der Waals surface area (Å²) in [7, 11) is 0. The van der Waals surface area contributed by atoms with Gasteiger partial charge in [0.05, 0.1) is 23.0 Å². The minimum Gasteiger partial charge on any atom is -0.309 e. The number of aryl methyl sites for hydroxylation is 1. The summed E-state index contributed by atoms with van der Waals surface area (Å²) in [5, 5.41) is 8.82. The first-order chi connectivity index (χ1) is 9.10. The van der Waals surface area contributed by atoms with Gasteiger partial charge in [-0.1, -0.05) is 39.3 Å². The number of rotatable bonds is 9. The lowest BCUT2D eigenvalue weighted by molar-refractivity contribution is 0.411. The summed E-state index contributed by atoms with van der Waals surface area (Å²) in [4.78, 5) is 0. The summed E-state index contributed by atoms with van der Waals surface area (Å²) in [6, 6.07) is 0.323. The zero-order chi connectivity index (χ0) is 14.3. The van der Waals surface area contributed by atoms with Crippen molar-refractivity contribution in [3.05, 3.63) is 16.9 Å². The van der Waals surface area contributed by atoms with Crippen molar-refractivity contribution in [2.45, 2.75) is 66.0 Å². The third-order valence-corrected chi connectivity index (χ3v) is 3.56. The van der Waals surface area contributed by atoms with E-state index in [9.17, 15) is 0 Å². The van der Waals surface area contributed by atoms with Gasteiger partial charge >= 0.3 is 0 Å². The maximum atomic E-state index is 6.35. The van der Waals surface area contributed by atoms with Crippen molar-refractivity contribution >= 4 is 11.6 Å². The van der Waals surface area contributed by atoms with Gasteiger partial charge in [0.15, 0.2) is 0 Å². The molecule has 0 saturated heterocycles. The molecule has 0 spiro atoms. The van der Waals surface area contributed by atoms with Gasteiger partial charge < -0.3 is 5.32 Å². The summed E-state index contributed by atoms with van der Waals surface area (Å²) < 4.78 is 2.07. The second-order valence-corrected chi connectivity index (χ2v) is 5.99. The molecule has 0 aliphatic heterocycles. The molecule has 1 rings (SSSR count). The van der Waals surface area contributed by atoms with E-state index >= 15 is 0 Å². The largest absolute Gasteiger partial charge is 0.309 e. The number of hydrogen-bond donors (Lipinski definition) is 1. The Hall–Kier alpha value is -0.540. The fraction of sp³-hybridized carbons (Fsp3) is 0.800. The SMILES string of the molecule is CCCNC(CCC(C)C)c1c(Cl)cnn1CCC. The highest BCUT2D eigenvalue weighted by Crippen LogP contribution is 2.27. The monoisotopic (exact) mass is 285 g/mol. The molecule has 110 valence electrons. The first-order valence-corrected chi connectivity index (χ1v) is 7.92. The highest BCUT2D eigenvalue weighted by molar-refractivity contribution is 6.31. The van der Waals surface area contributed by atoms with Crippen LogP contribution in [-0.2, 0) is 6.54 Å². The van der Waals surface area contributed by atoms with E-state index in [1.807, 2.05) is 0 Å². The molecule has 0 fully saturated rings. The number of nitrogens with zero attached hydrogens (tertiary/aromatic N) is 2. The van der Waals surface area contributed by atoms with Crippen LogP contribution < -0.4 is 5.32 Å². The molecule has 3 nitrogen and oxygen atoms in total. The number of hydrogen-bond acceptors (Lipinski definition) is 2. The first-order valence-electron chi connectivity index (χ1n) is 7.54. The van der Waals surface area contributed by atoms with Gasteiger partial charge in [-0.05, 0) is 38.1 Å². The summed E-state index contributed by atoms with van der Waals surface area (Å²) in [5.74, 6) is 0.715. The fourth-order valence-corrected chi connectivity index (χ4v) is 2.54. The second-order valence-electron chi connectivity index (χ2n) is 5.58. The molecule has 4 heteroatoms. The smallest absolute Gasteiger partial charge is 0.0834 e. The van der Waals surface area contributed by atoms with E-state index in [2.05, 4.69) is 42.8 Å². The van der Waals surface area contributed by atoms with Crippen LogP contribution in [0.15, 0.2) is 6.20 Å². The normalized spacial score (nSPS) is 13.2. The Balaban J connectivity index is 2.84. The molecule has 1 heterocycles. The van der Waals surface area contributed by atoms with Crippen LogP contribution in [0.25, 0.3) is 0 Å². The Morgan fingerprint density at radius 1 is 1.26 bits per heavy atom. The van der Waals surface area contributed by atoms with Gasteiger partial charge in [-0.2, -0.15) is 5.10 Å². The number of nitrogens with one attached hydrogen (secondary N) is 1. The molecule has 0 aliphatic carbocycles. The Morgan fingerprint density at radius 2 is 2.00 bits per heavy atom. The molecule has 1 atom stereocenters. The van der Waals surface area contributed by atoms with E-state index in [0.29, 0.717) is 12.0 Å². The van der Waals surface area contributed by atoms with Gasteiger partial charge in [-0.15, -0.1) is 0 Å². The van der Waals surface area contributed by atoms with Crippen LogP contribution in [0.5, 0.6) is 0 Å². The minimum atomic E-state index is 0.323. The van der Waals surface area contributed by atoms with Crippen LogP contribution in [-0.4, -0.2) is 16.3 Å². The van der Waals surface area contributed by atoms with Crippen LogP contribution in [0.3, 0.4) is 0 Å². The third kappa shape index (κ3) is 5.15. The zero-order valence-electron chi connectivity index (χ0n) is 12.7. The van der Waals surface area contributed by atoms with Crippen molar-refractivity contribution in [3.8, 4) is 0 Å². The second kappa shape index (κ2) is 8.60. The third-order valence-electron chi connectivity index (χ3n) is 3.27. The Morgan fingerprint density at radius 3 is 2.58 bits per heavy atom. The number of aromatic nitrogens is 2. The molecule has 1 unspecified atom stereocenters. The lowest BCUT2D eigenvalue weighted by Gasteiger charge is -2.21. The molecular formula is C15H28ClN3. The predicted molar refractivity (Wildman–Crippen MR) is 82.6 cm³/mol. The molecule has 0 radical (unpaired) electrons. The zero-order valence-corrected chi connectivity index (χ0v) is 13.5. The van der Waals surface area contributed by atoms with E-state index in [0.717, 1.165) is 43.1 Å². The maximum Gasteiger partial charge on any atom is 0.0834 e. The highest BCUT2D eigenvalue weighted by atomic mass is 35.5. The van der Waals surface area contributed by atoms with Crippen molar-refractivity contribution in [1.82, 2.24) is 15.1 Å². The van der Waals surface area contributed by atoms with Crippen LogP contribution >= 0.6 is 11.6 Å². The summed E-state index contributed by atoms with van der Waals surface area (Å²) in [5.41, 5.74) is 1.16. The van der Waals surface area contributed by atoms with E-state index in [1.54, 1.807) is 6.20 Å². The molecule has 1 aromatic heterocycles. The van der Waals surface area contributed by atoms with E-state index in [-0.39, 0.29) is 0 Å². The van der Waals surface area contributed by atoms with Gasteiger partial charge in [-0.25, -0.2) is 0 Å². The maximum absolute atomic E-state index is 6.35. The van der Waals surface area contributed by atoms with Gasteiger partial charge in [0.2, 0.25) is 0 Å². The summed E-state index contributed by atoms with van der Waals surface area (Å²) >= 11 is 6.35. The molecule has 1 aromatic rings. The summed E-state index contributed by atoms with van der Waals surface area (Å²) in [6.45, 7) is 10.9. The molecule has 0 saturated carbocycles. The van der Waals surface area contributed by atoms with Crippen molar-refractivity contribution in [2.24, 2.45) is 5.92 Å². The lowest BCUT2D eigenvalue weighted by Crippen LogP contribution is -2.25.